The minimum atomic E-state index is -0.133. The third-order valence-electron chi connectivity index (χ3n) is 6.00. The van der Waals surface area contributed by atoms with Gasteiger partial charge in [0.15, 0.2) is 0 Å². The number of hydrogen-bond acceptors (Lipinski definition) is 2. The van der Waals surface area contributed by atoms with Gasteiger partial charge in [-0.25, -0.2) is 0 Å². The quantitative estimate of drug-likeness (QED) is 0.710. The molecule has 0 amide bonds. The van der Waals surface area contributed by atoms with E-state index in [1.807, 2.05) is 6.07 Å². The van der Waals surface area contributed by atoms with Crippen LogP contribution in [0.2, 0.25) is 0 Å². The van der Waals surface area contributed by atoms with E-state index in [9.17, 15) is 5.11 Å². The Kier molecular flexibility index (Phi) is 4.62. The molecule has 3 atom stereocenters. The average molecular weight is 316 g/mol. The second-order valence-corrected chi connectivity index (χ2v) is 8.32. The number of phenolic OH excluding ortho intramolecular Hbond substituents is 1. The van der Waals surface area contributed by atoms with E-state index < -0.39 is 0 Å². The molecule has 2 aliphatic rings. The van der Waals surface area contributed by atoms with Crippen molar-refractivity contribution in [2.75, 3.05) is 0 Å². The Morgan fingerprint density at radius 1 is 1.22 bits per heavy atom. The molecule has 2 nitrogen and oxygen atoms in total. The van der Waals surface area contributed by atoms with Crippen molar-refractivity contribution in [2.45, 2.75) is 84.2 Å². The van der Waals surface area contributed by atoms with Crippen LogP contribution < -0.4 is 4.74 Å². The molecular weight excluding hydrogens is 284 g/mol. The summed E-state index contributed by atoms with van der Waals surface area (Å²) in [5, 5.41) is 10.7. The van der Waals surface area contributed by atoms with Crippen LogP contribution in [0.25, 0.3) is 0 Å². The fourth-order valence-electron chi connectivity index (χ4n) is 4.74. The van der Waals surface area contributed by atoms with Gasteiger partial charge in [0.1, 0.15) is 17.1 Å². The zero-order valence-corrected chi connectivity index (χ0v) is 15.2. The van der Waals surface area contributed by atoms with E-state index in [0.29, 0.717) is 17.6 Å². The summed E-state index contributed by atoms with van der Waals surface area (Å²) in [4.78, 5) is 0. The van der Waals surface area contributed by atoms with Crippen molar-refractivity contribution in [3.63, 3.8) is 0 Å². The van der Waals surface area contributed by atoms with Crippen molar-refractivity contribution in [1.82, 2.24) is 0 Å². The van der Waals surface area contributed by atoms with Gasteiger partial charge in [-0.2, -0.15) is 0 Å². The molecule has 0 radical (unpaired) electrons. The summed E-state index contributed by atoms with van der Waals surface area (Å²) >= 11 is 0. The first kappa shape index (κ1) is 16.7. The molecule has 0 saturated heterocycles. The Labute approximate surface area is 141 Å². The predicted molar refractivity (Wildman–Crippen MR) is 95.3 cm³/mol. The molecule has 23 heavy (non-hydrogen) atoms. The molecule has 3 rings (SSSR count). The van der Waals surface area contributed by atoms with Gasteiger partial charge in [0.2, 0.25) is 0 Å². The highest BCUT2D eigenvalue weighted by molar-refractivity contribution is 5.52. The lowest BCUT2D eigenvalue weighted by molar-refractivity contribution is -0.0145. The molecule has 1 saturated carbocycles. The van der Waals surface area contributed by atoms with Crippen molar-refractivity contribution in [2.24, 2.45) is 11.8 Å². The minimum absolute atomic E-state index is 0.133. The Morgan fingerprint density at radius 3 is 2.74 bits per heavy atom. The first-order chi connectivity index (χ1) is 10.9. The van der Waals surface area contributed by atoms with Crippen molar-refractivity contribution >= 4 is 0 Å². The van der Waals surface area contributed by atoms with Crippen LogP contribution in [0.4, 0.5) is 0 Å². The number of fused-ring (bicyclic) bond motifs is 3. The molecule has 1 aliphatic heterocycles. The van der Waals surface area contributed by atoms with Gasteiger partial charge in [-0.15, -0.1) is 0 Å². The predicted octanol–water partition coefficient (Wildman–Crippen LogP) is 5.82. The topological polar surface area (TPSA) is 29.5 Å². The Bertz CT molecular complexity index is 561. The number of aryl methyl sites for hydroxylation is 1. The molecule has 1 heterocycles. The van der Waals surface area contributed by atoms with Gasteiger partial charge in [0.05, 0.1) is 0 Å². The number of unbranched alkanes of at least 4 members (excludes halogenated alkanes) is 2. The maximum absolute atomic E-state index is 10.7. The van der Waals surface area contributed by atoms with Crippen molar-refractivity contribution < 1.29 is 9.84 Å². The van der Waals surface area contributed by atoms with Crippen molar-refractivity contribution in [3.05, 3.63) is 23.3 Å². The van der Waals surface area contributed by atoms with Gasteiger partial charge in [0, 0.05) is 11.5 Å². The zero-order chi connectivity index (χ0) is 16.6. The molecule has 2 heteroatoms. The van der Waals surface area contributed by atoms with Gasteiger partial charge in [-0.1, -0.05) is 33.1 Å². The van der Waals surface area contributed by atoms with Crippen molar-refractivity contribution in [3.8, 4) is 11.5 Å². The maximum Gasteiger partial charge on any atom is 0.127 e. The van der Waals surface area contributed by atoms with Crippen molar-refractivity contribution in [1.29, 1.82) is 0 Å². The van der Waals surface area contributed by atoms with E-state index in [2.05, 4.69) is 33.8 Å². The van der Waals surface area contributed by atoms with Crippen LogP contribution >= 0.6 is 0 Å². The Balaban J connectivity index is 1.94. The van der Waals surface area contributed by atoms with Gasteiger partial charge in [-0.05, 0) is 69.1 Å². The van der Waals surface area contributed by atoms with E-state index in [1.165, 1.54) is 44.1 Å². The molecule has 128 valence electrons. The van der Waals surface area contributed by atoms with Crippen LogP contribution in [-0.4, -0.2) is 10.7 Å². The second kappa shape index (κ2) is 6.37. The molecule has 0 bridgehead atoms. The summed E-state index contributed by atoms with van der Waals surface area (Å²) in [5.74, 6) is 3.11. The molecule has 0 aromatic heterocycles. The van der Waals surface area contributed by atoms with Crippen LogP contribution in [0.15, 0.2) is 12.1 Å². The molecule has 2 unspecified atom stereocenters. The highest BCUT2D eigenvalue weighted by Crippen LogP contribution is 2.55. The van der Waals surface area contributed by atoms with Crippen LogP contribution in [0.1, 0.15) is 83.3 Å². The third kappa shape index (κ3) is 3.22. The first-order valence-corrected chi connectivity index (χ1v) is 9.47. The van der Waals surface area contributed by atoms with Crippen LogP contribution in [-0.2, 0) is 6.42 Å². The van der Waals surface area contributed by atoms with E-state index >= 15 is 0 Å². The van der Waals surface area contributed by atoms with E-state index in [4.69, 9.17) is 4.74 Å². The second-order valence-electron chi connectivity index (χ2n) is 8.32. The van der Waals surface area contributed by atoms with Crippen LogP contribution in [0, 0.1) is 11.8 Å². The molecule has 1 aromatic rings. The van der Waals surface area contributed by atoms with Gasteiger partial charge in [-0.3, -0.25) is 0 Å². The van der Waals surface area contributed by atoms with E-state index in [0.717, 1.165) is 23.7 Å². The lowest BCUT2D eigenvalue weighted by atomic mass is 9.64. The fourth-order valence-corrected chi connectivity index (χ4v) is 4.74. The molecule has 1 N–H and O–H groups in total. The number of phenols is 1. The SMILES string of the molecule is CCCCCc1cc(O)c2c(c1)OC(C)(C)[C@H]1CCC(C)CC21. The molecule has 1 fully saturated rings. The van der Waals surface area contributed by atoms with Gasteiger partial charge in [0.25, 0.3) is 0 Å². The average Bonchev–Trinajstić information content (AvgIpc) is 2.46. The normalized spacial score (nSPS) is 28.6. The van der Waals surface area contributed by atoms with Gasteiger partial charge < -0.3 is 9.84 Å². The summed E-state index contributed by atoms with van der Waals surface area (Å²) in [6, 6.07) is 4.19. The Morgan fingerprint density at radius 2 is 2.00 bits per heavy atom. The monoisotopic (exact) mass is 316 g/mol. The Hall–Kier alpha value is -1.18. The molecular formula is C21H32O2. The molecule has 1 aromatic carbocycles. The van der Waals surface area contributed by atoms with Crippen LogP contribution in [0.5, 0.6) is 11.5 Å². The van der Waals surface area contributed by atoms with E-state index in [-0.39, 0.29) is 5.60 Å². The highest BCUT2D eigenvalue weighted by Gasteiger charge is 2.47. The zero-order valence-electron chi connectivity index (χ0n) is 15.2. The summed E-state index contributed by atoms with van der Waals surface area (Å²) < 4.78 is 6.39. The molecule has 0 spiro atoms. The molecule has 1 aliphatic carbocycles. The summed E-state index contributed by atoms with van der Waals surface area (Å²) in [7, 11) is 0. The third-order valence-corrected chi connectivity index (χ3v) is 6.00. The van der Waals surface area contributed by atoms with Gasteiger partial charge >= 0.3 is 0 Å². The standard InChI is InChI=1S/C21H32O2/c1-5-6-7-8-15-12-18(22)20-16-11-14(2)9-10-17(16)21(3,4)23-19(20)13-15/h12-14,16-17,22H,5-11H2,1-4H3/t14?,16?,17-/m0/s1. The minimum Gasteiger partial charge on any atom is -0.508 e. The number of benzene rings is 1. The largest absolute Gasteiger partial charge is 0.508 e. The summed E-state index contributed by atoms with van der Waals surface area (Å²) in [6.45, 7) is 9.02. The maximum atomic E-state index is 10.7. The van der Waals surface area contributed by atoms with Crippen LogP contribution in [0.3, 0.4) is 0 Å². The highest BCUT2D eigenvalue weighted by atomic mass is 16.5. The summed E-state index contributed by atoms with van der Waals surface area (Å²) in [6.07, 6.45) is 8.33. The summed E-state index contributed by atoms with van der Waals surface area (Å²) in [5.41, 5.74) is 2.17. The first-order valence-electron chi connectivity index (χ1n) is 9.47. The lowest BCUT2D eigenvalue weighted by Crippen LogP contribution is -2.46. The number of ether oxygens (including phenoxy) is 1. The number of hydrogen-bond donors (Lipinski definition) is 1. The van der Waals surface area contributed by atoms with E-state index in [1.54, 1.807) is 0 Å². The fraction of sp³-hybridized carbons (Fsp3) is 0.714. The number of rotatable bonds is 4. The smallest absolute Gasteiger partial charge is 0.127 e. The lowest BCUT2D eigenvalue weighted by Gasteiger charge is -2.48. The number of aromatic hydroxyl groups is 1.